The summed E-state index contributed by atoms with van der Waals surface area (Å²) in [5.41, 5.74) is 10.3. The van der Waals surface area contributed by atoms with Gasteiger partial charge in [0.25, 0.3) is 0 Å². The minimum absolute atomic E-state index is 0.0819. The molecule has 0 aromatic heterocycles. The maximum atomic E-state index is 11.3. The van der Waals surface area contributed by atoms with Crippen LogP contribution in [0.3, 0.4) is 0 Å². The third kappa shape index (κ3) is 4.07. The summed E-state index contributed by atoms with van der Waals surface area (Å²) in [5.74, 6) is -2.37. The van der Waals surface area contributed by atoms with Crippen molar-refractivity contribution >= 4 is 17.9 Å². The summed E-state index contributed by atoms with van der Waals surface area (Å²) < 4.78 is 0. The van der Waals surface area contributed by atoms with Gasteiger partial charge in [0.1, 0.15) is 18.3 Å². The molecular formula is C11H20N4O5. The Bertz CT molecular complexity index is 396. The van der Waals surface area contributed by atoms with Gasteiger partial charge >= 0.3 is 11.9 Å². The molecule has 0 unspecified atom stereocenters. The molecule has 1 aliphatic heterocycles. The highest BCUT2D eigenvalue weighted by atomic mass is 16.4. The van der Waals surface area contributed by atoms with Crippen LogP contribution in [0, 0.1) is 0 Å². The molecule has 114 valence electrons. The topological polar surface area (TPSA) is 162 Å². The van der Waals surface area contributed by atoms with Crippen LogP contribution in [0.25, 0.3) is 0 Å². The van der Waals surface area contributed by atoms with Crippen molar-refractivity contribution in [3.8, 4) is 0 Å². The van der Waals surface area contributed by atoms with Gasteiger partial charge in [0.05, 0.1) is 0 Å². The van der Waals surface area contributed by atoms with E-state index in [0.29, 0.717) is 6.42 Å². The van der Waals surface area contributed by atoms with Crippen LogP contribution in [0.4, 0.5) is 0 Å². The highest BCUT2D eigenvalue weighted by molar-refractivity contribution is 5.78. The lowest BCUT2D eigenvalue weighted by Crippen LogP contribution is -2.51. The quantitative estimate of drug-likeness (QED) is 0.211. The molecule has 1 rings (SSSR count). The maximum Gasteiger partial charge on any atom is 0.321 e. The summed E-state index contributed by atoms with van der Waals surface area (Å²) in [7, 11) is 0. The number of hydrogen-bond acceptors (Lipinski definition) is 5. The Hall–Kier alpha value is -1.87. The predicted octanol–water partition coefficient (Wildman–Crippen LogP) is -1.64. The molecule has 0 radical (unpaired) electrons. The Labute approximate surface area is 115 Å². The Balaban J connectivity index is 2.71. The largest absolute Gasteiger partial charge is 0.480 e. The van der Waals surface area contributed by atoms with Crippen LogP contribution in [0.15, 0.2) is 4.99 Å². The fraction of sp³-hybridized carbons (Fsp3) is 0.727. The molecule has 0 saturated carbocycles. The number of hydrogen-bond donors (Lipinski definition) is 5. The van der Waals surface area contributed by atoms with E-state index >= 15 is 0 Å². The molecule has 9 nitrogen and oxygen atoms in total. The van der Waals surface area contributed by atoms with Gasteiger partial charge < -0.3 is 26.8 Å². The molecule has 0 aliphatic carbocycles. The standard InChI is InChI=1S/C11H20N4O5/c12-11(13)14-5-1-2-6(9(17)18)15-7(10(19)20)3-4-8(15)16/h6-8,16H,1-5H2,(H,17,18)(H,19,20)(H4,12,13,14)/t6-,7+,8+/m0/s1. The second-order valence-corrected chi connectivity index (χ2v) is 4.66. The first-order chi connectivity index (χ1) is 9.34. The zero-order valence-corrected chi connectivity index (χ0v) is 11.0. The molecule has 9 heteroatoms. The highest BCUT2D eigenvalue weighted by Crippen LogP contribution is 2.27. The molecule has 7 N–H and O–H groups in total. The summed E-state index contributed by atoms with van der Waals surface area (Å²) in [5, 5.41) is 28.1. The number of guanidine groups is 1. The van der Waals surface area contributed by atoms with Crippen molar-refractivity contribution in [2.75, 3.05) is 6.54 Å². The lowest BCUT2D eigenvalue weighted by atomic mass is 10.1. The number of carbonyl (C=O) groups is 2. The van der Waals surface area contributed by atoms with E-state index in [1.165, 1.54) is 0 Å². The number of carboxylic acid groups (broad SMARTS) is 2. The lowest BCUT2D eigenvalue weighted by molar-refractivity contribution is -0.155. The molecule has 0 bridgehead atoms. The van der Waals surface area contributed by atoms with Crippen molar-refractivity contribution < 1.29 is 24.9 Å². The number of aliphatic hydroxyl groups is 1. The third-order valence-corrected chi connectivity index (χ3v) is 3.26. The van der Waals surface area contributed by atoms with Gasteiger partial charge in [-0.25, -0.2) is 0 Å². The lowest BCUT2D eigenvalue weighted by Gasteiger charge is -2.30. The van der Waals surface area contributed by atoms with Gasteiger partial charge in [0.15, 0.2) is 5.96 Å². The monoisotopic (exact) mass is 288 g/mol. The summed E-state index contributed by atoms with van der Waals surface area (Å²) in [6, 6.07) is -2.04. The van der Waals surface area contributed by atoms with E-state index in [9.17, 15) is 19.8 Å². The Morgan fingerprint density at radius 3 is 2.45 bits per heavy atom. The molecule has 0 aromatic carbocycles. The van der Waals surface area contributed by atoms with Crippen molar-refractivity contribution in [1.29, 1.82) is 0 Å². The SMILES string of the molecule is NC(N)=NCCC[C@@H](C(=O)O)N1[C@H](O)CC[C@@H]1C(=O)O. The molecular weight excluding hydrogens is 268 g/mol. The average molecular weight is 288 g/mol. The fourth-order valence-electron chi connectivity index (χ4n) is 2.38. The summed E-state index contributed by atoms with van der Waals surface area (Å²) in [6.07, 6.45) is -0.0412. The van der Waals surface area contributed by atoms with Crippen LogP contribution < -0.4 is 11.5 Å². The van der Waals surface area contributed by atoms with Gasteiger partial charge in [-0.15, -0.1) is 0 Å². The first-order valence-electron chi connectivity index (χ1n) is 6.31. The van der Waals surface area contributed by atoms with Crippen molar-refractivity contribution in [1.82, 2.24) is 4.90 Å². The minimum atomic E-state index is -1.16. The number of aliphatic carboxylic acids is 2. The van der Waals surface area contributed by atoms with Crippen molar-refractivity contribution in [3.63, 3.8) is 0 Å². The van der Waals surface area contributed by atoms with E-state index in [4.69, 9.17) is 16.6 Å². The fourth-order valence-corrected chi connectivity index (χ4v) is 2.38. The van der Waals surface area contributed by atoms with Crippen molar-refractivity contribution in [3.05, 3.63) is 0 Å². The summed E-state index contributed by atoms with van der Waals surface area (Å²) in [6.45, 7) is 0.258. The third-order valence-electron chi connectivity index (χ3n) is 3.26. The van der Waals surface area contributed by atoms with E-state index in [0.717, 1.165) is 4.90 Å². The summed E-state index contributed by atoms with van der Waals surface area (Å²) >= 11 is 0. The molecule has 0 aromatic rings. The van der Waals surface area contributed by atoms with Crippen LogP contribution in [-0.4, -0.2) is 63.0 Å². The van der Waals surface area contributed by atoms with E-state index in [1.807, 2.05) is 0 Å². The molecule has 1 saturated heterocycles. The van der Waals surface area contributed by atoms with Gasteiger partial charge in [-0.2, -0.15) is 0 Å². The Morgan fingerprint density at radius 2 is 1.95 bits per heavy atom. The number of nitrogens with zero attached hydrogens (tertiary/aromatic N) is 2. The number of rotatable bonds is 7. The average Bonchev–Trinajstić information content (AvgIpc) is 2.70. The number of carboxylic acids is 2. The first-order valence-corrected chi connectivity index (χ1v) is 6.31. The highest BCUT2D eigenvalue weighted by Gasteiger charge is 2.43. The van der Waals surface area contributed by atoms with Gasteiger partial charge in [-0.05, 0) is 25.7 Å². The molecule has 1 heterocycles. The molecule has 1 aliphatic rings. The number of aliphatic hydroxyl groups excluding tert-OH is 1. The maximum absolute atomic E-state index is 11.3. The van der Waals surface area contributed by atoms with Crippen molar-refractivity contribution in [2.45, 2.75) is 44.0 Å². The van der Waals surface area contributed by atoms with Gasteiger partial charge in [0.2, 0.25) is 0 Å². The Kier molecular flexibility index (Phi) is 5.71. The van der Waals surface area contributed by atoms with Gasteiger partial charge in [0, 0.05) is 6.54 Å². The predicted molar refractivity (Wildman–Crippen MR) is 69.8 cm³/mol. The van der Waals surface area contributed by atoms with Crippen LogP contribution >= 0.6 is 0 Å². The van der Waals surface area contributed by atoms with Crippen LogP contribution in [0.2, 0.25) is 0 Å². The zero-order chi connectivity index (χ0) is 15.3. The van der Waals surface area contributed by atoms with E-state index in [2.05, 4.69) is 4.99 Å². The molecule has 0 spiro atoms. The first kappa shape index (κ1) is 16.2. The number of likely N-dealkylation sites (tertiary alicyclic amines) is 1. The van der Waals surface area contributed by atoms with Crippen LogP contribution in [0.1, 0.15) is 25.7 Å². The van der Waals surface area contributed by atoms with Crippen LogP contribution in [-0.2, 0) is 9.59 Å². The second kappa shape index (κ2) is 7.06. The minimum Gasteiger partial charge on any atom is -0.480 e. The smallest absolute Gasteiger partial charge is 0.321 e. The van der Waals surface area contributed by atoms with E-state index in [1.54, 1.807) is 0 Å². The number of aliphatic imine (C=N–C) groups is 1. The summed E-state index contributed by atoms with van der Waals surface area (Å²) in [4.78, 5) is 27.3. The van der Waals surface area contributed by atoms with Crippen molar-refractivity contribution in [2.24, 2.45) is 16.5 Å². The van der Waals surface area contributed by atoms with Gasteiger partial charge in [-0.1, -0.05) is 0 Å². The molecule has 3 atom stereocenters. The van der Waals surface area contributed by atoms with Gasteiger partial charge in [-0.3, -0.25) is 19.5 Å². The molecule has 0 amide bonds. The molecule has 1 fully saturated rings. The van der Waals surface area contributed by atoms with E-state index in [-0.39, 0.29) is 31.8 Å². The second-order valence-electron chi connectivity index (χ2n) is 4.66. The molecule has 20 heavy (non-hydrogen) atoms. The normalized spacial score (nSPS) is 24.2. The Morgan fingerprint density at radius 1 is 1.30 bits per heavy atom. The van der Waals surface area contributed by atoms with E-state index < -0.39 is 30.3 Å². The van der Waals surface area contributed by atoms with Crippen LogP contribution in [0.5, 0.6) is 0 Å². The zero-order valence-electron chi connectivity index (χ0n) is 11.0. The number of nitrogens with two attached hydrogens (primary N) is 2.